The van der Waals surface area contributed by atoms with E-state index in [0.717, 1.165) is 11.8 Å². The Bertz CT molecular complexity index is 890. The minimum atomic E-state index is -1.23. The zero-order valence-corrected chi connectivity index (χ0v) is 18.4. The van der Waals surface area contributed by atoms with Crippen molar-refractivity contribution in [3.8, 4) is 0 Å². The van der Waals surface area contributed by atoms with Gasteiger partial charge >= 0.3 is 18.2 Å². The molecule has 0 bridgehead atoms. The molecule has 2 aromatic rings. The summed E-state index contributed by atoms with van der Waals surface area (Å²) in [5.41, 5.74) is -0.0502. The number of hydrogen-bond donors (Lipinski definition) is 3. The number of carboxylic acid groups (broad SMARTS) is 1. The van der Waals surface area contributed by atoms with Crippen LogP contribution >= 0.6 is 0 Å². The number of carbonyl (C=O) groups excluding carboxylic acids is 2. The standard InChI is InChI=1S/C22H29N3O7/c1-22(2,3)32-21(29)25-16(18-24-17(14-30-18)19(26)27)11-7-8-12-23-20(28)31-13-15-9-5-4-6-10-15/h4-6,9-10,14,16H,7-8,11-13H2,1-3H3,(H,23,28)(H,25,29)(H,26,27)/t16-/m0/s1. The number of hydrogen-bond acceptors (Lipinski definition) is 7. The van der Waals surface area contributed by atoms with E-state index in [2.05, 4.69) is 15.6 Å². The minimum Gasteiger partial charge on any atom is -0.476 e. The van der Waals surface area contributed by atoms with Crippen molar-refractivity contribution >= 4 is 18.2 Å². The van der Waals surface area contributed by atoms with E-state index in [9.17, 15) is 14.4 Å². The lowest BCUT2D eigenvalue weighted by atomic mass is 10.1. The smallest absolute Gasteiger partial charge is 0.408 e. The Hall–Kier alpha value is -3.56. The van der Waals surface area contributed by atoms with E-state index in [-0.39, 0.29) is 18.2 Å². The summed E-state index contributed by atoms with van der Waals surface area (Å²) in [6.45, 7) is 5.76. The molecule has 1 aromatic carbocycles. The summed E-state index contributed by atoms with van der Waals surface area (Å²) >= 11 is 0. The van der Waals surface area contributed by atoms with Crippen molar-refractivity contribution < 1.29 is 33.4 Å². The lowest BCUT2D eigenvalue weighted by Gasteiger charge is -2.22. The number of carboxylic acids is 1. The summed E-state index contributed by atoms with van der Waals surface area (Å²) in [5, 5.41) is 14.4. The summed E-state index contributed by atoms with van der Waals surface area (Å²) in [6.07, 6.45) is 1.42. The fraction of sp³-hybridized carbons (Fsp3) is 0.455. The van der Waals surface area contributed by atoms with E-state index in [1.807, 2.05) is 30.3 Å². The number of nitrogens with zero attached hydrogens (tertiary/aromatic N) is 1. The maximum Gasteiger partial charge on any atom is 0.408 e. The summed E-state index contributed by atoms with van der Waals surface area (Å²) in [5.74, 6) is -1.15. The molecular weight excluding hydrogens is 418 g/mol. The van der Waals surface area contributed by atoms with E-state index in [0.29, 0.717) is 25.8 Å². The van der Waals surface area contributed by atoms with Gasteiger partial charge in [0.2, 0.25) is 5.89 Å². The van der Waals surface area contributed by atoms with Crippen LogP contribution in [0.1, 0.15) is 68.0 Å². The van der Waals surface area contributed by atoms with Gasteiger partial charge in [0.05, 0.1) is 0 Å². The van der Waals surface area contributed by atoms with Gasteiger partial charge in [-0.25, -0.2) is 19.4 Å². The second-order valence-corrected chi connectivity index (χ2v) is 8.06. The average Bonchev–Trinajstić information content (AvgIpc) is 3.21. The second kappa shape index (κ2) is 11.7. The van der Waals surface area contributed by atoms with Gasteiger partial charge in [0.25, 0.3) is 0 Å². The molecule has 0 unspecified atom stereocenters. The number of nitrogens with one attached hydrogen (secondary N) is 2. The topological polar surface area (TPSA) is 140 Å². The third-order valence-electron chi connectivity index (χ3n) is 4.13. The van der Waals surface area contributed by atoms with Crippen LogP contribution in [0.3, 0.4) is 0 Å². The first kappa shape index (κ1) is 24.7. The Morgan fingerprint density at radius 1 is 1.12 bits per heavy atom. The third-order valence-corrected chi connectivity index (χ3v) is 4.13. The van der Waals surface area contributed by atoms with Gasteiger partial charge in [0.15, 0.2) is 5.69 Å². The van der Waals surface area contributed by atoms with Crippen molar-refractivity contribution in [2.75, 3.05) is 6.54 Å². The highest BCUT2D eigenvalue weighted by Crippen LogP contribution is 2.20. The highest BCUT2D eigenvalue weighted by molar-refractivity contribution is 5.84. The fourth-order valence-corrected chi connectivity index (χ4v) is 2.69. The number of unbranched alkanes of at least 4 members (excludes halogenated alkanes) is 1. The summed E-state index contributed by atoms with van der Waals surface area (Å²) in [4.78, 5) is 38.9. The predicted molar refractivity (Wildman–Crippen MR) is 114 cm³/mol. The maximum atomic E-state index is 12.2. The SMILES string of the molecule is CC(C)(C)OC(=O)N[C@@H](CCCCNC(=O)OCc1ccccc1)c1nc(C(=O)O)co1. The molecule has 0 saturated heterocycles. The Morgan fingerprint density at radius 2 is 1.84 bits per heavy atom. The van der Waals surface area contributed by atoms with Gasteiger partial charge in [0, 0.05) is 6.54 Å². The van der Waals surface area contributed by atoms with E-state index >= 15 is 0 Å². The zero-order chi connectivity index (χ0) is 23.6. The fourth-order valence-electron chi connectivity index (χ4n) is 2.69. The molecule has 0 radical (unpaired) electrons. The number of ether oxygens (including phenoxy) is 2. The molecule has 0 aliphatic carbocycles. The van der Waals surface area contributed by atoms with Crippen LogP contribution in [0.15, 0.2) is 41.0 Å². The van der Waals surface area contributed by atoms with Gasteiger partial charge in [-0.2, -0.15) is 0 Å². The van der Waals surface area contributed by atoms with Crippen molar-refractivity contribution in [1.29, 1.82) is 0 Å². The second-order valence-electron chi connectivity index (χ2n) is 8.06. The Balaban J connectivity index is 1.80. The molecule has 1 atom stereocenters. The van der Waals surface area contributed by atoms with Crippen LogP contribution in [0.2, 0.25) is 0 Å². The van der Waals surface area contributed by atoms with Gasteiger partial charge in [-0.15, -0.1) is 0 Å². The monoisotopic (exact) mass is 447 g/mol. The molecule has 0 saturated carbocycles. The van der Waals surface area contributed by atoms with Crippen LogP contribution in [0.4, 0.5) is 9.59 Å². The highest BCUT2D eigenvalue weighted by atomic mass is 16.6. The van der Waals surface area contributed by atoms with Crippen LogP contribution < -0.4 is 10.6 Å². The number of rotatable bonds is 10. The predicted octanol–water partition coefficient (Wildman–Crippen LogP) is 4.04. The van der Waals surface area contributed by atoms with Crippen molar-refractivity contribution in [3.05, 3.63) is 53.7 Å². The molecular formula is C22H29N3O7. The molecule has 2 rings (SSSR count). The summed E-state index contributed by atoms with van der Waals surface area (Å²) < 4.78 is 15.6. The maximum absolute atomic E-state index is 12.2. The molecule has 0 aliphatic heterocycles. The number of oxazole rings is 1. The van der Waals surface area contributed by atoms with Gasteiger partial charge < -0.3 is 29.6 Å². The Morgan fingerprint density at radius 3 is 2.47 bits per heavy atom. The molecule has 0 spiro atoms. The van der Waals surface area contributed by atoms with Crippen LogP contribution in [-0.4, -0.2) is 40.4 Å². The number of amides is 2. The van der Waals surface area contributed by atoms with Crippen molar-refractivity contribution in [1.82, 2.24) is 15.6 Å². The molecule has 2 amide bonds. The number of benzene rings is 1. The first-order valence-electron chi connectivity index (χ1n) is 10.3. The Kier molecular flexibility index (Phi) is 9.06. The number of aromatic nitrogens is 1. The molecule has 10 nitrogen and oxygen atoms in total. The minimum absolute atomic E-state index is 0.0727. The van der Waals surface area contributed by atoms with E-state index in [1.54, 1.807) is 20.8 Å². The van der Waals surface area contributed by atoms with Gasteiger partial charge in [0.1, 0.15) is 24.5 Å². The van der Waals surface area contributed by atoms with Crippen molar-refractivity contribution in [2.24, 2.45) is 0 Å². The summed E-state index contributed by atoms with van der Waals surface area (Å²) in [6, 6.07) is 8.67. The molecule has 10 heteroatoms. The first-order chi connectivity index (χ1) is 15.1. The van der Waals surface area contributed by atoms with E-state index < -0.39 is 29.8 Å². The quantitative estimate of drug-likeness (QED) is 0.464. The van der Waals surface area contributed by atoms with Gasteiger partial charge in [-0.05, 0) is 45.6 Å². The molecule has 1 heterocycles. The normalized spacial score (nSPS) is 12.0. The van der Waals surface area contributed by atoms with Crippen molar-refractivity contribution in [2.45, 2.75) is 58.3 Å². The van der Waals surface area contributed by atoms with Gasteiger partial charge in [-0.3, -0.25) is 0 Å². The lowest BCUT2D eigenvalue weighted by Crippen LogP contribution is -2.35. The van der Waals surface area contributed by atoms with Crippen LogP contribution in [0.25, 0.3) is 0 Å². The van der Waals surface area contributed by atoms with Crippen LogP contribution in [0.5, 0.6) is 0 Å². The van der Waals surface area contributed by atoms with Crippen LogP contribution in [-0.2, 0) is 16.1 Å². The molecule has 174 valence electrons. The van der Waals surface area contributed by atoms with Crippen molar-refractivity contribution in [3.63, 3.8) is 0 Å². The molecule has 32 heavy (non-hydrogen) atoms. The van der Waals surface area contributed by atoms with E-state index in [1.165, 1.54) is 0 Å². The average molecular weight is 447 g/mol. The molecule has 3 N–H and O–H groups in total. The van der Waals surface area contributed by atoms with Gasteiger partial charge in [-0.1, -0.05) is 30.3 Å². The lowest BCUT2D eigenvalue weighted by molar-refractivity contribution is 0.0491. The molecule has 0 fully saturated rings. The highest BCUT2D eigenvalue weighted by Gasteiger charge is 2.24. The number of alkyl carbamates (subject to hydrolysis) is 2. The third kappa shape index (κ3) is 9.07. The number of aromatic carboxylic acids is 1. The molecule has 1 aromatic heterocycles. The first-order valence-corrected chi connectivity index (χ1v) is 10.3. The molecule has 0 aliphatic rings. The largest absolute Gasteiger partial charge is 0.476 e. The number of carbonyl (C=O) groups is 3. The Labute approximate surface area is 186 Å². The zero-order valence-electron chi connectivity index (χ0n) is 18.4. The van der Waals surface area contributed by atoms with Crippen LogP contribution in [0, 0.1) is 0 Å². The van der Waals surface area contributed by atoms with E-state index in [4.69, 9.17) is 19.0 Å². The summed E-state index contributed by atoms with van der Waals surface area (Å²) in [7, 11) is 0.